The van der Waals surface area contributed by atoms with Gasteiger partial charge in [0.05, 0.1) is 4.90 Å². The molecule has 2 aromatic carbocycles. The Hall–Kier alpha value is -2.96. The van der Waals surface area contributed by atoms with Crippen LogP contribution in [0.2, 0.25) is 0 Å². The van der Waals surface area contributed by atoms with Gasteiger partial charge in [-0.2, -0.15) is 0 Å². The number of hydrogen-bond donors (Lipinski definition) is 1. The summed E-state index contributed by atoms with van der Waals surface area (Å²) in [5.41, 5.74) is 6.33. The van der Waals surface area contributed by atoms with E-state index in [9.17, 15) is 18.0 Å². The fourth-order valence-corrected chi connectivity index (χ4v) is 7.23. The lowest BCUT2D eigenvalue weighted by atomic mass is 10.00. The number of likely N-dealkylation sites (tertiary alicyclic amines) is 1. The maximum atomic E-state index is 13.1. The number of piperidine rings is 1. The molecule has 4 rings (SSSR count). The van der Waals surface area contributed by atoms with Crippen molar-refractivity contribution in [2.24, 2.45) is 5.73 Å². The quantitative estimate of drug-likeness (QED) is 0.295. The van der Waals surface area contributed by atoms with E-state index in [-0.39, 0.29) is 42.4 Å². The number of amides is 2. The van der Waals surface area contributed by atoms with Crippen LogP contribution in [-0.2, 0) is 26.2 Å². The van der Waals surface area contributed by atoms with Crippen LogP contribution in [0, 0.1) is 0 Å². The number of halogens is 1. The molecule has 1 aliphatic rings. The molecule has 0 spiro atoms. The second kappa shape index (κ2) is 16.0. The molecule has 2 heterocycles. The number of rotatable bonds is 13. The third kappa shape index (κ3) is 9.27. The predicted octanol–water partition coefficient (Wildman–Crippen LogP) is 4.55. The molecule has 1 aromatic heterocycles. The van der Waals surface area contributed by atoms with Gasteiger partial charge >= 0.3 is 6.09 Å². The number of nitrogens with two attached hydrogens (primary N) is 1. The summed E-state index contributed by atoms with van der Waals surface area (Å²) in [5.74, 6) is -0.520. The minimum absolute atomic E-state index is 0. The van der Waals surface area contributed by atoms with Gasteiger partial charge in [-0.1, -0.05) is 54.6 Å². The maximum Gasteiger partial charge on any atom is 0.410 e. The highest BCUT2D eigenvalue weighted by atomic mass is 35.5. The van der Waals surface area contributed by atoms with E-state index in [1.807, 2.05) is 41.8 Å². The van der Waals surface area contributed by atoms with Crippen molar-refractivity contribution >= 4 is 45.8 Å². The molecule has 9 nitrogen and oxygen atoms in total. The van der Waals surface area contributed by atoms with Gasteiger partial charge in [0.15, 0.2) is 0 Å². The van der Waals surface area contributed by atoms with Crippen molar-refractivity contribution < 1.29 is 22.7 Å². The summed E-state index contributed by atoms with van der Waals surface area (Å²) < 4.78 is 33.2. The highest BCUT2D eigenvalue weighted by molar-refractivity contribution is 7.89. The molecule has 0 radical (unpaired) electrons. The van der Waals surface area contributed by atoms with Gasteiger partial charge in [-0.3, -0.25) is 9.69 Å². The van der Waals surface area contributed by atoms with Gasteiger partial charge in [-0.25, -0.2) is 17.5 Å². The number of hydrogen-bond acceptors (Lipinski definition) is 7. The molecule has 2 N–H and O–H groups in total. The summed E-state index contributed by atoms with van der Waals surface area (Å²) in [6, 6.07) is 21.8. The van der Waals surface area contributed by atoms with Crippen molar-refractivity contribution in [1.82, 2.24) is 14.1 Å². The molecule has 228 valence electrons. The van der Waals surface area contributed by atoms with Crippen LogP contribution >= 0.6 is 23.7 Å². The molecule has 1 fully saturated rings. The second-order valence-electron chi connectivity index (χ2n) is 10.3. The zero-order chi connectivity index (χ0) is 29.2. The number of likely N-dealkylation sites (N-methyl/N-ethyl adjacent to an activating group) is 1. The van der Waals surface area contributed by atoms with Crippen LogP contribution in [0.25, 0.3) is 0 Å². The van der Waals surface area contributed by atoms with Crippen LogP contribution in [0.3, 0.4) is 0 Å². The topological polar surface area (TPSA) is 113 Å². The van der Waals surface area contributed by atoms with E-state index in [0.717, 1.165) is 36.5 Å². The molecule has 2 amide bonds. The molecule has 0 saturated carbocycles. The largest absolute Gasteiger partial charge is 0.445 e. The molecule has 1 saturated heterocycles. The van der Waals surface area contributed by atoms with Crippen LogP contribution in [0.15, 0.2) is 83.1 Å². The first kappa shape index (κ1) is 33.5. The Morgan fingerprint density at radius 3 is 2.26 bits per heavy atom. The third-order valence-corrected chi connectivity index (χ3v) is 10.3. The van der Waals surface area contributed by atoms with Gasteiger partial charge in [0.2, 0.25) is 15.9 Å². The summed E-state index contributed by atoms with van der Waals surface area (Å²) >= 11 is 1.64. The van der Waals surface area contributed by atoms with Gasteiger partial charge < -0.3 is 15.4 Å². The molecule has 42 heavy (non-hydrogen) atoms. The molecule has 1 atom stereocenters. The normalized spacial score (nSPS) is 15.1. The summed E-state index contributed by atoms with van der Waals surface area (Å²) in [6.07, 6.45) is 1.65. The second-order valence-corrected chi connectivity index (χ2v) is 13.3. The predicted molar refractivity (Wildman–Crippen MR) is 167 cm³/mol. The summed E-state index contributed by atoms with van der Waals surface area (Å²) in [7, 11) is -1.95. The lowest BCUT2D eigenvalue weighted by molar-refractivity contribution is -0.119. The van der Waals surface area contributed by atoms with Crippen molar-refractivity contribution in [3.63, 3.8) is 0 Å². The molecular formula is C30H39ClN4O5S2. The van der Waals surface area contributed by atoms with E-state index in [0.29, 0.717) is 19.4 Å². The van der Waals surface area contributed by atoms with E-state index in [1.54, 1.807) is 48.7 Å². The van der Waals surface area contributed by atoms with E-state index >= 15 is 0 Å². The maximum absolute atomic E-state index is 13.1. The summed E-state index contributed by atoms with van der Waals surface area (Å²) in [6.45, 7) is 2.63. The molecule has 1 aliphatic heterocycles. The fraction of sp³-hybridized carbons (Fsp3) is 0.400. The Morgan fingerprint density at radius 2 is 1.67 bits per heavy atom. The van der Waals surface area contributed by atoms with Crippen LogP contribution in [0.4, 0.5) is 4.79 Å². The number of benzene rings is 2. The Morgan fingerprint density at radius 1 is 1.02 bits per heavy atom. The molecule has 0 aliphatic carbocycles. The van der Waals surface area contributed by atoms with Gasteiger partial charge in [0.1, 0.15) is 13.2 Å². The van der Waals surface area contributed by atoms with Gasteiger partial charge in [-0.05, 0) is 54.9 Å². The van der Waals surface area contributed by atoms with Crippen molar-refractivity contribution in [3.05, 3.63) is 88.6 Å². The smallest absolute Gasteiger partial charge is 0.410 e. The Labute approximate surface area is 258 Å². The lowest BCUT2D eigenvalue weighted by Crippen LogP contribution is -2.50. The monoisotopic (exact) mass is 634 g/mol. The fourth-order valence-electron chi connectivity index (χ4n) is 5.13. The Bertz CT molecular complexity index is 1350. The van der Waals surface area contributed by atoms with Gasteiger partial charge in [0.25, 0.3) is 0 Å². The van der Waals surface area contributed by atoms with Crippen molar-refractivity contribution in [2.75, 3.05) is 39.8 Å². The van der Waals surface area contributed by atoms with E-state index in [4.69, 9.17) is 10.5 Å². The number of ether oxygens (including phenoxy) is 1. The minimum atomic E-state index is -3.59. The van der Waals surface area contributed by atoms with Crippen LogP contribution < -0.4 is 5.73 Å². The molecule has 0 unspecified atom stereocenters. The minimum Gasteiger partial charge on any atom is -0.445 e. The zero-order valence-electron chi connectivity index (χ0n) is 23.7. The third-order valence-electron chi connectivity index (χ3n) is 7.43. The molecule has 0 bridgehead atoms. The van der Waals surface area contributed by atoms with Gasteiger partial charge in [-0.15, -0.1) is 23.7 Å². The number of primary amides is 1. The molecular weight excluding hydrogens is 596 g/mol. The summed E-state index contributed by atoms with van der Waals surface area (Å²) in [5, 5.41) is 2.02. The Kier molecular flexibility index (Phi) is 12.8. The van der Waals surface area contributed by atoms with E-state index < -0.39 is 22.0 Å². The van der Waals surface area contributed by atoms with Crippen LogP contribution in [-0.4, -0.2) is 80.3 Å². The van der Waals surface area contributed by atoms with Gasteiger partial charge in [0, 0.05) is 43.5 Å². The molecule has 12 heteroatoms. The van der Waals surface area contributed by atoms with E-state index in [1.165, 1.54) is 9.21 Å². The average molecular weight is 635 g/mol. The van der Waals surface area contributed by atoms with Crippen molar-refractivity contribution in [2.45, 2.75) is 42.7 Å². The first-order chi connectivity index (χ1) is 19.7. The average Bonchev–Trinajstić information content (AvgIpc) is 3.53. The zero-order valence-corrected chi connectivity index (χ0v) is 26.2. The highest BCUT2D eigenvalue weighted by Gasteiger charge is 2.31. The Balaban J connectivity index is 0.00000484. The molecule has 3 aromatic rings. The highest BCUT2D eigenvalue weighted by Crippen LogP contribution is 2.28. The van der Waals surface area contributed by atoms with E-state index in [2.05, 4.69) is 11.0 Å². The van der Waals surface area contributed by atoms with Crippen molar-refractivity contribution in [3.8, 4) is 0 Å². The summed E-state index contributed by atoms with van der Waals surface area (Å²) in [4.78, 5) is 29.9. The first-order valence-corrected chi connectivity index (χ1v) is 16.1. The number of carbonyl (C=O) groups is 2. The first-order valence-electron chi connectivity index (χ1n) is 13.8. The SMILES string of the molecule is CN(C[C@H](CCN1CCC(N(CC(N)=O)C(=O)OCc2ccccc2)CC1)c1cccs1)S(=O)(=O)c1ccccc1.Cl. The number of thiophene rings is 1. The number of sulfonamides is 1. The van der Waals surface area contributed by atoms with Crippen LogP contribution in [0.1, 0.15) is 35.6 Å². The standard InChI is InChI=1S/C30H38N4O5S2.ClH/c1-32(41(37,38)27-11-6-3-7-12-27)21-25(28-13-8-20-40-28)14-17-33-18-15-26(16-19-33)34(22-29(31)35)30(36)39-23-24-9-4-2-5-10-24;/h2-13,20,25-26H,14-19,21-23H2,1H3,(H2,31,35);1H/t25-;/m0./s1. The van der Waals surface area contributed by atoms with Crippen molar-refractivity contribution in [1.29, 1.82) is 0 Å². The number of nitrogens with zero attached hydrogens (tertiary/aromatic N) is 3. The lowest BCUT2D eigenvalue weighted by Gasteiger charge is -2.38. The van der Waals surface area contributed by atoms with Crippen LogP contribution in [0.5, 0.6) is 0 Å². The number of carbonyl (C=O) groups excluding carboxylic acids is 2.